The SMILES string of the molecule is O=S(=O)(c1ccc(C2=N[C@H](c3ccccc3)CO2)cc1)N(CCO)CCO. The lowest BCUT2D eigenvalue weighted by atomic mass is 10.1. The Kier molecular flexibility index (Phi) is 6.22. The summed E-state index contributed by atoms with van der Waals surface area (Å²) in [6.45, 7) is -0.329. The summed E-state index contributed by atoms with van der Waals surface area (Å²) in [6.07, 6.45) is 0. The molecule has 0 fully saturated rings. The number of aliphatic hydroxyl groups is 2. The molecule has 0 spiro atoms. The summed E-state index contributed by atoms with van der Waals surface area (Å²) in [6, 6.07) is 16.0. The monoisotopic (exact) mass is 390 g/mol. The Bertz CT molecular complexity index is 876. The van der Waals surface area contributed by atoms with Gasteiger partial charge >= 0.3 is 0 Å². The van der Waals surface area contributed by atoms with Gasteiger partial charge in [-0.15, -0.1) is 0 Å². The Labute approximate surface area is 158 Å². The average molecular weight is 390 g/mol. The topological polar surface area (TPSA) is 99.4 Å². The molecule has 7 nitrogen and oxygen atoms in total. The number of ether oxygens (including phenoxy) is 1. The van der Waals surface area contributed by atoms with E-state index in [-0.39, 0.29) is 37.2 Å². The first-order valence-electron chi connectivity index (χ1n) is 8.64. The molecule has 0 amide bonds. The van der Waals surface area contributed by atoms with E-state index in [0.717, 1.165) is 9.87 Å². The van der Waals surface area contributed by atoms with Gasteiger partial charge in [-0.1, -0.05) is 30.3 Å². The minimum atomic E-state index is -3.79. The summed E-state index contributed by atoms with van der Waals surface area (Å²) in [5.74, 6) is 0.482. The molecule has 0 saturated heterocycles. The molecule has 1 aliphatic heterocycles. The van der Waals surface area contributed by atoms with Crippen LogP contribution in [0.2, 0.25) is 0 Å². The number of hydrogen-bond donors (Lipinski definition) is 2. The van der Waals surface area contributed by atoms with E-state index in [2.05, 4.69) is 4.99 Å². The summed E-state index contributed by atoms with van der Waals surface area (Å²) in [7, 11) is -3.79. The van der Waals surface area contributed by atoms with Gasteiger partial charge in [0.25, 0.3) is 0 Å². The lowest BCUT2D eigenvalue weighted by molar-refractivity contribution is 0.217. The van der Waals surface area contributed by atoms with Crippen molar-refractivity contribution >= 4 is 15.9 Å². The van der Waals surface area contributed by atoms with E-state index >= 15 is 0 Å². The number of rotatable bonds is 8. The Morgan fingerprint density at radius 3 is 2.22 bits per heavy atom. The van der Waals surface area contributed by atoms with E-state index < -0.39 is 10.0 Å². The van der Waals surface area contributed by atoms with E-state index in [1.807, 2.05) is 30.3 Å². The Morgan fingerprint density at radius 1 is 1.00 bits per heavy atom. The van der Waals surface area contributed by atoms with Crippen molar-refractivity contribution in [3.8, 4) is 0 Å². The molecule has 0 saturated carbocycles. The molecule has 27 heavy (non-hydrogen) atoms. The predicted molar refractivity (Wildman–Crippen MR) is 101 cm³/mol. The van der Waals surface area contributed by atoms with Gasteiger partial charge in [0.15, 0.2) is 0 Å². The molecular formula is C19H22N2O5S. The van der Waals surface area contributed by atoms with Gasteiger partial charge in [-0.25, -0.2) is 13.4 Å². The number of aliphatic imine (C=N–C) groups is 1. The first-order valence-corrected chi connectivity index (χ1v) is 10.1. The van der Waals surface area contributed by atoms with Crippen molar-refractivity contribution in [1.29, 1.82) is 0 Å². The highest BCUT2D eigenvalue weighted by Crippen LogP contribution is 2.25. The summed E-state index contributed by atoms with van der Waals surface area (Å²) >= 11 is 0. The maximum Gasteiger partial charge on any atom is 0.243 e. The smallest absolute Gasteiger partial charge is 0.243 e. The number of nitrogens with zero attached hydrogens (tertiary/aromatic N) is 2. The molecule has 1 atom stereocenters. The van der Waals surface area contributed by atoms with Crippen LogP contribution in [0.1, 0.15) is 17.2 Å². The van der Waals surface area contributed by atoms with Gasteiger partial charge in [-0.05, 0) is 29.8 Å². The highest BCUT2D eigenvalue weighted by Gasteiger charge is 2.25. The van der Waals surface area contributed by atoms with Crippen LogP contribution in [0.25, 0.3) is 0 Å². The predicted octanol–water partition coefficient (Wildman–Crippen LogP) is 1.18. The second kappa shape index (κ2) is 8.62. The summed E-state index contributed by atoms with van der Waals surface area (Å²) in [5, 5.41) is 18.1. The third-order valence-electron chi connectivity index (χ3n) is 4.27. The van der Waals surface area contributed by atoms with Crippen molar-refractivity contribution in [2.45, 2.75) is 10.9 Å². The highest BCUT2D eigenvalue weighted by molar-refractivity contribution is 7.89. The van der Waals surface area contributed by atoms with Crippen molar-refractivity contribution in [2.75, 3.05) is 32.9 Å². The largest absolute Gasteiger partial charge is 0.475 e. The van der Waals surface area contributed by atoms with Crippen LogP contribution in [0.15, 0.2) is 64.5 Å². The van der Waals surface area contributed by atoms with Crippen LogP contribution < -0.4 is 0 Å². The van der Waals surface area contributed by atoms with Crippen molar-refractivity contribution in [2.24, 2.45) is 4.99 Å². The van der Waals surface area contributed by atoms with Gasteiger partial charge in [-0.3, -0.25) is 0 Å². The number of sulfonamides is 1. The Hall–Kier alpha value is -2.26. The minimum absolute atomic E-state index is 0.0702. The van der Waals surface area contributed by atoms with Crippen LogP contribution in [0, 0.1) is 0 Å². The molecule has 2 aromatic carbocycles. The minimum Gasteiger partial charge on any atom is -0.475 e. The molecule has 0 aromatic heterocycles. The summed E-state index contributed by atoms with van der Waals surface area (Å²) < 4.78 is 32.0. The van der Waals surface area contributed by atoms with E-state index in [9.17, 15) is 8.42 Å². The molecule has 0 aliphatic carbocycles. The van der Waals surface area contributed by atoms with Crippen molar-refractivity contribution in [3.05, 3.63) is 65.7 Å². The zero-order valence-electron chi connectivity index (χ0n) is 14.7. The van der Waals surface area contributed by atoms with E-state index in [1.54, 1.807) is 12.1 Å². The van der Waals surface area contributed by atoms with Gasteiger partial charge in [0, 0.05) is 18.7 Å². The highest BCUT2D eigenvalue weighted by atomic mass is 32.2. The number of hydrogen-bond acceptors (Lipinski definition) is 6. The molecule has 0 unspecified atom stereocenters. The molecular weight excluding hydrogens is 368 g/mol. The second-order valence-electron chi connectivity index (χ2n) is 6.05. The molecule has 8 heteroatoms. The lowest BCUT2D eigenvalue weighted by Crippen LogP contribution is -2.35. The van der Waals surface area contributed by atoms with Gasteiger partial charge < -0.3 is 14.9 Å². The van der Waals surface area contributed by atoms with E-state index in [1.165, 1.54) is 12.1 Å². The van der Waals surface area contributed by atoms with Crippen molar-refractivity contribution < 1.29 is 23.4 Å². The van der Waals surface area contributed by atoms with Crippen LogP contribution in [0.4, 0.5) is 0 Å². The van der Waals surface area contributed by atoms with Gasteiger partial charge in [0.1, 0.15) is 12.6 Å². The fourth-order valence-electron chi connectivity index (χ4n) is 2.87. The maximum atomic E-state index is 12.6. The van der Waals surface area contributed by atoms with Gasteiger partial charge in [0.2, 0.25) is 15.9 Å². The average Bonchev–Trinajstić information content (AvgIpc) is 3.19. The number of aliphatic hydroxyl groups excluding tert-OH is 2. The molecule has 0 radical (unpaired) electrons. The molecule has 144 valence electrons. The standard InChI is InChI=1S/C19H22N2O5S/c22-12-10-21(11-13-23)27(24,25)17-8-6-16(7-9-17)19-20-18(14-26-19)15-4-2-1-3-5-15/h1-9,18,22-23H,10-14H2/t18-/m0/s1. The normalized spacial score (nSPS) is 17.0. The fraction of sp³-hybridized carbons (Fsp3) is 0.316. The first kappa shape index (κ1) is 19.5. The van der Waals surface area contributed by atoms with Crippen molar-refractivity contribution in [3.63, 3.8) is 0 Å². The molecule has 2 N–H and O–H groups in total. The molecule has 1 aliphatic rings. The van der Waals surface area contributed by atoms with Crippen LogP contribution in [-0.2, 0) is 14.8 Å². The third kappa shape index (κ3) is 4.36. The zero-order chi connectivity index (χ0) is 19.3. The van der Waals surface area contributed by atoms with Gasteiger partial charge in [-0.2, -0.15) is 4.31 Å². The molecule has 3 rings (SSSR count). The molecule has 0 bridgehead atoms. The Balaban J connectivity index is 1.79. The fourth-order valence-corrected chi connectivity index (χ4v) is 4.29. The molecule has 1 heterocycles. The number of benzene rings is 2. The van der Waals surface area contributed by atoms with Crippen LogP contribution in [0.3, 0.4) is 0 Å². The Morgan fingerprint density at radius 2 is 1.63 bits per heavy atom. The van der Waals surface area contributed by atoms with Crippen LogP contribution in [0.5, 0.6) is 0 Å². The third-order valence-corrected chi connectivity index (χ3v) is 6.19. The molecule has 2 aromatic rings. The lowest BCUT2D eigenvalue weighted by Gasteiger charge is -2.20. The van der Waals surface area contributed by atoms with E-state index in [4.69, 9.17) is 14.9 Å². The van der Waals surface area contributed by atoms with Crippen LogP contribution in [-0.4, -0.2) is 61.7 Å². The zero-order valence-corrected chi connectivity index (χ0v) is 15.5. The summed E-state index contributed by atoms with van der Waals surface area (Å²) in [5.41, 5.74) is 1.76. The van der Waals surface area contributed by atoms with E-state index in [0.29, 0.717) is 18.1 Å². The van der Waals surface area contributed by atoms with Gasteiger partial charge in [0.05, 0.1) is 18.1 Å². The summed E-state index contributed by atoms with van der Waals surface area (Å²) in [4.78, 5) is 4.67. The quantitative estimate of drug-likeness (QED) is 0.705. The van der Waals surface area contributed by atoms with Crippen molar-refractivity contribution in [1.82, 2.24) is 4.31 Å². The maximum absolute atomic E-state index is 12.6. The van der Waals surface area contributed by atoms with Crippen LogP contribution >= 0.6 is 0 Å². The second-order valence-corrected chi connectivity index (χ2v) is 7.99. The first-order chi connectivity index (χ1) is 13.1.